The van der Waals surface area contributed by atoms with Crippen LogP contribution in [-0.4, -0.2) is 6.54 Å². The molecule has 2 rings (SSSR count). The van der Waals surface area contributed by atoms with Gasteiger partial charge in [-0.05, 0) is 30.7 Å². The van der Waals surface area contributed by atoms with Gasteiger partial charge in [0.05, 0.1) is 6.04 Å². The molecule has 1 unspecified atom stereocenters. The van der Waals surface area contributed by atoms with Crippen LogP contribution in [0.2, 0.25) is 5.02 Å². The van der Waals surface area contributed by atoms with Gasteiger partial charge in [-0.25, -0.2) is 4.39 Å². The van der Waals surface area contributed by atoms with E-state index >= 15 is 0 Å². The van der Waals surface area contributed by atoms with E-state index in [0.717, 1.165) is 11.3 Å². The minimum atomic E-state index is -0.279. The maximum Gasteiger partial charge on any atom is 0.128 e. The normalized spacial score (nSPS) is 12.2. The first-order valence-corrected chi connectivity index (χ1v) is 6.47. The Morgan fingerprint density at radius 1 is 1.26 bits per heavy atom. The second-order valence-electron chi connectivity index (χ2n) is 4.41. The van der Waals surface area contributed by atoms with Crippen LogP contribution in [0.1, 0.15) is 17.2 Å². The SMILES string of the molecule is Cc1ccc(Cl)cc1NC(CN)c1ccccc1F. The monoisotopic (exact) mass is 278 g/mol. The molecule has 19 heavy (non-hydrogen) atoms. The van der Waals surface area contributed by atoms with Gasteiger partial charge in [-0.1, -0.05) is 35.9 Å². The molecule has 2 aromatic carbocycles. The van der Waals surface area contributed by atoms with Gasteiger partial charge >= 0.3 is 0 Å². The number of benzene rings is 2. The van der Waals surface area contributed by atoms with Crippen LogP contribution >= 0.6 is 11.6 Å². The Bertz CT molecular complexity index is 572. The van der Waals surface area contributed by atoms with Crippen LogP contribution < -0.4 is 11.1 Å². The van der Waals surface area contributed by atoms with Crippen LogP contribution in [0.15, 0.2) is 42.5 Å². The molecule has 0 saturated heterocycles. The zero-order valence-corrected chi connectivity index (χ0v) is 11.4. The number of nitrogens with one attached hydrogen (secondary N) is 1. The number of hydrogen-bond acceptors (Lipinski definition) is 2. The van der Waals surface area contributed by atoms with E-state index in [0.29, 0.717) is 17.1 Å². The van der Waals surface area contributed by atoms with Crippen LogP contribution in [0.4, 0.5) is 10.1 Å². The summed E-state index contributed by atoms with van der Waals surface area (Å²) in [6.07, 6.45) is 0. The van der Waals surface area contributed by atoms with Crippen LogP contribution in [0.3, 0.4) is 0 Å². The highest BCUT2D eigenvalue weighted by Gasteiger charge is 2.14. The summed E-state index contributed by atoms with van der Waals surface area (Å²) in [5.41, 5.74) is 8.21. The Hall–Kier alpha value is -1.58. The standard InChI is InChI=1S/C15H16ClFN2/c1-10-6-7-11(16)8-14(10)19-15(9-18)12-4-2-3-5-13(12)17/h2-8,15,19H,9,18H2,1H3. The van der Waals surface area contributed by atoms with Crippen molar-refractivity contribution in [2.75, 3.05) is 11.9 Å². The molecule has 0 saturated carbocycles. The molecule has 0 aromatic heterocycles. The Labute approximate surface area is 117 Å². The highest BCUT2D eigenvalue weighted by molar-refractivity contribution is 6.30. The smallest absolute Gasteiger partial charge is 0.128 e. The summed E-state index contributed by atoms with van der Waals surface area (Å²) >= 11 is 5.98. The number of rotatable bonds is 4. The third kappa shape index (κ3) is 3.25. The van der Waals surface area contributed by atoms with Gasteiger partial charge < -0.3 is 11.1 Å². The van der Waals surface area contributed by atoms with Crippen LogP contribution in [0.25, 0.3) is 0 Å². The zero-order chi connectivity index (χ0) is 13.8. The average Bonchev–Trinajstić information content (AvgIpc) is 2.41. The first-order chi connectivity index (χ1) is 9.11. The molecule has 0 spiro atoms. The third-order valence-corrected chi connectivity index (χ3v) is 3.28. The van der Waals surface area contributed by atoms with Crippen LogP contribution in [-0.2, 0) is 0 Å². The van der Waals surface area contributed by atoms with Crippen molar-refractivity contribution in [1.82, 2.24) is 0 Å². The molecule has 0 aliphatic heterocycles. The molecule has 0 aliphatic carbocycles. The Kier molecular flexibility index (Phi) is 4.40. The van der Waals surface area contributed by atoms with Crippen molar-refractivity contribution in [3.05, 3.63) is 64.4 Å². The van der Waals surface area contributed by atoms with Gasteiger partial charge in [-0.3, -0.25) is 0 Å². The summed E-state index contributed by atoms with van der Waals surface area (Å²) in [6, 6.07) is 11.9. The molecule has 0 heterocycles. The maximum absolute atomic E-state index is 13.8. The van der Waals surface area contributed by atoms with Crippen LogP contribution in [0.5, 0.6) is 0 Å². The molecule has 1 atom stereocenters. The van der Waals surface area contributed by atoms with Gasteiger partial charge in [0.1, 0.15) is 5.82 Å². The van der Waals surface area contributed by atoms with Crippen molar-refractivity contribution >= 4 is 17.3 Å². The van der Waals surface area contributed by atoms with Crippen molar-refractivity contribution in [3.63, 3.8) is 0 Å². The van der Waals surface area contributed by atoms with Gasteiger partial charge in [-0.2, -0.15) is 0 Å². The summed E-state index contributed by atoms with van der Waals surface area (Å²) in [5.74, 6) is -0.259. The number of hydrogen-bond donors (Lipinski definition) is 2. The van der Waals surface area contributed by atoms with E-state index in [2.05, 4.69) is 5.32 Å². The second-order valence-corrected chi connectivity index (χ2v) is 4.85. The van der Waals surface area contributed by atoms with Crippen molar-refractivity contribution in [2.24, 2.45) is 5.73 Å². The third-order valence-electron chi connectivity index (χ3n) is 3.05. The predicted molar refractivity (Wildman–Crippen MR) is 78.0 cm³/mol. The molecule has 4 heteroatoms. The average molecular weight is 279 g/mol. The lowest BCUT2D eigenvalue weighted by atomic mass is 10.1. The molecule has 0 aliphatic rings. The molecular formula is C15H16ClFN2. The fraction of sp³-hybridized carbons (Fsp3) is 0.200. The molecular weight excluding hydrogens is 263 g/mol. The summed E-state index contributed by atoms with van der Waals surface area (Å²) in [7, 11) is 0. The second kappa shape index (κ2) is 6.04. The quantitative estimate of drug-likeness (QED) is 0.890. The zero-order valence-electron chi connectivity index (χ0n) is 10.7. The Balaban J connectivity index is 2.29. The van der Waals surface area contributed by atoms with Crippen molar-refractivity contribution in [2.45, 2.75) is 13.0 Å². The van der Waals surface area contributed by atoms with Crippen molar-refractivity contribution in [3.8, 4) is 0 Å². The minimum absolute atomic E-state index is 0.259. The van der Waals surface area contributed by atoms with E-state index in [1.165, 1.54) is 6.07 Å². The molecule has 0 fully saturated rings. The highest BCUT2D eigenvalue weighted by Crippen LogP contribution is 2.26. The Morgan fingerprint density at radius 2 is 2.00 bits per heavy atom. The van der Waals surface area contributed by atoms with Crippen LogP contribution in [0, 0.1) is 12.7 Å². The molecule has 0 bridgehead atoms. The summed E-state index contributed by atoms with van der Waals surface area (Å²) < 4.78 is 13.8. The topological polar surface area (TPSA) is 38.0 Å². The predicted octanol–water partition coefficient (Wildman–Crippen LogP) is 3.90. The number of anilines is 1. The van der Waals surface area contributed by atoms with Gasteiger partial charge in [0, 0.05) is 22.8 Å². The molecule has 100 valence electrons. The van der Waals surface area contributed by atoms with Crippen molar-refractivity contribution in [1.29, 1.82) is 0 Å². The van der Waals surface area contributed by atoms with E-state index in [1.54, 1.807) is 18.2 Å². The van der Waals surface area contributed by atoms with Gasteiger partial charge in [0.2, 0.25) is 0 Å². The van der Waals surface area contributed by atoms with E-state index in [1.807, 2.05) is 25.1 Å². The number of aryl methyl sites for hydroxylation is 1. The highest BCUT2D eigenvalue weighted by atomic mass is 35.5. The van der Waals surface area contributed by atoms with Gasteiger partial charge in [0.25, 0.3) is 0 Å². The van der Waals surface area contributed by atoms with Gasteiger partial charge in [0.15, 0.2) is 0 Å². The summed E-state index contributed by atoms with van der Waals surface area (Å²) in [5, 5.41) is 3.88. The lowest BCUT2D eigenvalue weighted by Crippen LogP contribution is -2.22. The molecule has 3 N–H and O–H groups in total. The lowest BCUT2D eigenvalue weighted by Gasteiger charge is -2.20. The van der Waals surface area contributed by atoms with E-state index in [-0.39, 0.29) is 11.9 Å². The fourth-order valence-electron chi connectivity index (χ4n) is 1.96. The number of nitrogens with two attached hydrogens (primary N) is 1. The van der Waals surface area contributed by atoms with E-state index in [9.17, 15) is 4.39 Å². The van der Waals surface area contributed by atoms with E-state index in [4.69, 9.17) is 17.3 Å². The first kappa shape index (κ1) is 13.8. The summed E-state index contributed by atoms with van der Waals surface area (Å²) in [6.45, 7) is 2.26. The summed E-state index contributed by atoms with van der Waals surface area (Å²) in [4.78, 5) is 0. The molecule has 2 aromatic rings. The van der Waals surface area contributed by atoms with Gasteiger partial charge in [-0.15, -0.1) is 0 Å². The minimum Gasteiger partial charge on any atom is -0.377 e. The largest absolute Gasteiger partial charge is 0.377 e. The molecule has 0 radical (unpaired) electrons. The molecule has 0 amide bonds. The fourth-order valence-corrected chi connectivity index (χ4v) is 2.13. The van der Waals surface area contributed by atoms with E-state index < -0.39 is 0 Å². The first-order valence-electron chi connectivity index (χ1n) is 6.09. The maximum atomic E-state index is 13.8. The van der Waals surface area contributed by atoms with Crippen molar-refractivity contribution < 1.29 is 4.39 Å². The Morgan fingerprint density at radius 3 is 2.68 bits per heavy atom. The lowest BCUT2D eigenvalue weighted by molar-refractivity contribution is 0.593. The molecule has 2 nitrogen and oxygen atoms in total. The number of halogens is 2.